The number of piperidine rings is 1. The van der Waals surface area contributed by atoms with E-state index in [0.717, 1.165) is 37.4 Å². The maximum Gasteiger partial charge on any atom is 0.315 e. The zero-order valence-electron chi connectivity index (χ0n) is 15.0. The Morgan fingerprint density at radius 2 is 2.08 bits per heavy atom. The predicted octanol–water partition coefficient (Wildman–Crippen LogP) is 2.07. The third-order valence-corrected chi connectivity index (χ3v) is 4.27. The molecule has 0 saturated carbocycles. The van der Waals surface area contributed by atoms with Gasteiger partial charge in [-0.2, -0.15) is 0 Å². The van der Waals surface area contributed by atoms with E-state index in [4.69, 9.17) is 0 Å². The number of aromatic nitrogens is 1. The van der Waals surface area contributed by atoms with E-state index in [1.807, 2.05) is 25.1 Å². The Balaban J connectivity index is 1.70. The number of carbonyl (C=O) groups excluding carboxylic acids is 1. The Kier molecular flexibility index (Phi) is 6.85. The fourth-order valence-corrected chi connectivity index (χ4v) is 3.03. The number of carbonyl (C=O) groups is 1. The highest BCUT2D eigenvalue weighted by atomic mass is 16.3. The number of urea groups is 1. The van der Waals surface area contributed by atoms with Crippen LogP contribution in [0.25, 0.3) is 0 Å². The SMILES string of the molecule is Cc1cccc(N2CCC(NC(=O)NCC(O)CC(C)C)CC2)n1. The Morgan fingerprint density at radius 1 is 1.38 bits per heavy atom. The van der Waals surface area contributed by atoms with Crippen LogP contribution in [0.1, 0.15) is 38.8 Å². The summed E-state index contributed by atoms with van der Waals surface area (Å²) in [4.78, 5) is 18.8. The van der Waals surface area contributed by atoms with E-state index in [1.54, 1.807) is 0 Å². The molecule has 0 bridgehead atoms. The molecule has 1 fully saturated rings. The average Bonchev–Trinajstić information content (AvgIpc) is 2.53. The molecule has 134 valence electrons. The van der Waals surface area contributed by atoms with Gasteiger partial charge in [0.1, 0.15) is 5.82 Å². The monoisotopic (exact) mass is 334 g/mol. The quantitative estimate of drug-likeness (QED) is 0.744. The number of aliphatic hydroxyl groups excluding tert-OH is 1. The van der Waals surface area contributed by atoms with Gasteiger partial charge in [0.15, 0.2) is 0 Å². The van der Waals surface area contributed by atoms with Gasteiger partial charge in [-0.05, 0) is 44.2 Å². The molecule has 2 heterocycles. The van der Waals surface area contributed by atoms with Crippen LogP contribution in [-0.2, 0) is 0 Å². The first-order chi connectivity index (χ1) is 11.4. The molecular weight excluding hydrogens is 304 g/mol. The number of nitrogens with one attached hydrogen (secondary N) is 2. The number of pyridine rings is 1. The molecular formula is C18H30N4O2. The van der Waals surface area contributed by atoms with Crippen LogP contribution < -0.4 is 15.5 Å². The summed E-state index contributed by atoms with van der Waals surface area (Å²) in [5, 5.41) is 15.6. The van der Waals surface area contributed by atoms with Crippen LogP contribution in [0.15, 0.2) is 18.2 Å². The van der Waals surface area contributed by atoms with Gasteiger partial charge >= 0.3 is 6.03 Å². The van der Waals surface area contributed by atoms with Crippen molar-refractivity contribution < 1.29 is 9.90 Å². The van der Waals surface area contributed by atoms with Crippen LogP contribution in [-0.4, -0.2) is 47.9 Å². The Labute approximate surface area is 144 Å². The summed E-state index contributed by atoms with van der Waals surface area (Å²) in [6.07, 6.45) is 2.02. The van der Waals surface area contributed by atoms with E-state index in [-0.39, 0.29) is 12.1 Å². The van der Waals surface area contributed by atoms with Crippen LogP contribution in [0.5, 0.6) is 0 Å². The minimum atomic E-state index is -0.481. The molecule has 1 aliphatic rings. The van der Waals surface area contributed by atoms with Crippen molar-refractivity contribution in [2.75, 3.05) is 24.5 Å². The second-order valence-corrected chi connectivity index (χ2v) is 7.04. The van der Waals surface area contributed by atoms with Gasteiger partial charge in [-0.25, -0.2) is 9.78 Å². The van der Waals surface area contributed by atoms with Crippen molar-refractivity contribution in [3.8, 4) is 0 Å². The normalized spacial score (nSPS) is 17.0. The lowest BCUT2D eigenvalue weighted by atomic mass is 10.1. The maximum atomic E-state index is 11.9. The molecule has 24 heavy (non-hydrogen) atoms. The lowest BCUT2D eigenvalue weighted by molar-refractivity contribution is 0.146. The highest BCUT2D eigenvalue weighted by Gasteiger charge is 2.21. The Bertz CT molecular complexity index is 528. The van der Waals surface area contributed by atoms with Crippen LogP contribution in [0.4, 0.5) is 10.6 Å². The molecule has 1 unspecified atom stereocenters. The lowest BCUT2D eigenvalue weighted by Gasteiger charge is -2.33. The summed E-state index contributed by atoms with van der Waals surface area (Å²) in [6, 6.07) is 6.04. The molecule has 0 spiro atoms. The second kappa shape index (κ2) is 8.87. The number of nitrogens with zero attached hydrogens (tertiary/aromatic N) is 2. The molecule has 3 N–H and O–H groups in total. The first-order valence-corrected chi connectivity index (χ1v) is 8.85. The summed E-state index contributed by atoms with van der Waals surface area (Å²) in [6.45, 7) is 8.18. The number of anilines is 1. The summed E-state index contributed by atoms with van der Waals surface area (Å²) in [5.74, 6) is 1.43. The van der Waals surface area contributed by atoms with Crippen molar-refractivity contribution in [3.05, 3.63) is 23.9 Å². The van der Waals surface area contributed by atoms with E-state index in [1.165, 1.54) is 0 Å². The molecule has 1 aromatic heterocycles. The fourth-order valence-electron chi connectivity index (χ4n) is 3.03. The molecule has 6 nitrogen and oxygen atoms in total. The van der Waals surface area contributed by atoms with Crippen LogP contribution in [0.3, 0.4) is 0 Å². The van der Waals surface area contributed by atoms with Gasteiger partial charge in [-0.1, -0.05) is 19.9 Å². The van der Waals surface area contributed by atoms with E-state index < -0.39 is 6.10 Å². The minimum absolute atomic E-state index is 0.174. The molecule has 0 radical (unpaired) electrons. The molecule has 1 atom stereocenters. The molecule has 1 aliphatic heterocycles. The zero-order chi connectivity index (χ0) is 17.5. The van der Waals surface area contributed by atoms with E-state index >= 15 is 0 Å². The van der Waals surface area contributed by atoms with Crippen molar-refractivity contribution in [1.29, 1.82) is 0 Å². The van der Waals surface area contributed by atoms with Crippen molar-refractivity contribution >= 4 is 11.8 Å². The summed E-state index contributed by atoms with van der Waals surface area (Å²) in [7, 11) is 0. The standard InChI is InChI=1S/C18H30N4O2/c1-13(2)11-16(23)12-19-18(24)21-15-7-9-22(10-8-15)17-6-4-5-14(3)20-17/h4-6,13,15-16,23H,7-12H2,1-3H3,(H2,19,21,24). The summed E-state index contributed by atoms with van der Waals surface area (Å²) < 4.78 is 0. The lowest BCUT2D eigenvalue weighted by Crippen LogP contribution is -2.49. The fraction of sp³-hybridized carbons (Fsp3) is 0.667. The third-order valence-electron chi connectivity index (χ3n) is 4.27. The van der Waals surface area contributed by atoms with Gasteiger partial charge in [0.05, 0.1) is 6.10 Å². The predicted molar refractivity (Wildman–Crippen MR) is 96.2 cm³/mol. The maximum absolute atomic E-state index is 11.9. The summed E-state index contributed by atoms with van der Waals surface area (Å²) >= 11 is 0. The molecule has 0 aliphatic carbocycles. The van der Waals surface area contributed by atoms with Crippen molar-refractivity contribution in [2.24, 2.45) is 5.92 Å². The number of aryl methyl sites for hydroxylation is 1. The van der Waals surface area contributed by atoms with Crippen LogP contribution in [0, 0.1) is 12.8 Å². The van der Waals surface area contributed by atoms with E-state index in [9.17, 15) is 9.90 Å². The first-order valence-electron chi connectivity index (χ1n) is 8.85. The molecule has 1 aromatic rings. The average molecular weight is 334 g/mol. The molecule has 2 rings (SSSR count). The number of aliphatic hydroxyl groups is 1. The number of hydrogen-bond acceptors (Lipinski definition) is 4. The highest BCUT2D eigenvalue weighted by Crippen LogP contribution is 2.18. The number of hydrogen-bond donors (Lipinski definition) is 3. The molecule has 0 aromatic carbocycles. The molecule has 1 saturated heterocycles. The van der Waals surface area contributed by atoms with Crippen LogP contribution >= 0.6 is 0 Å². The van der Waals surface area contributed by atoms with Crippen molar-refractivity contribution in [2.45, 2.75) is 52.2 Å². The van der Waals surface area contributed by atoms with Gasteiger partial charge in [0.25, 0.3) is 0 Å². The molecule has 2 amide bonds. The van der Waals surface area contributed by atoms with Crippen LogP contribution in [0.2, 0.25) is 0 Å². The second-order valence-electron chi connectivity index (χ2n) is 7.04. The first kappa shape index (κ1) is 18.5. The number of amides is 2. The van der Waals surface area contributed by atoms with Gasteiger partial charge in [-0.3, -0.25) is 0 Å². The van der Waals surface area contributed by atoms with Gasteiger partial charge in [0.2, 0.25) is 0 Å². The van der Waals surface area contributed by atoms with Gasteiger partial charge in [0, 0.05) is 31.4 Å². The van der Waals surface area contributed by atoms with Crippen molar-refractivity contribution in [1.82, 2.24) is 15.6 Å². The number of rotatable bonds is 6. The van der Waals surface area contributed by atoms with Gasteiger partial charge in [-0.15, -0.1) is 0 Å². The topological polar surface area (TPSA) is 77.5 Å². The Morgan fingerprint density at radius 3 is 2.71 bits per heavy atom. The third kappa shape index (κ3) is 6.00. The van der Waals surface area contributed by atoms with E-state index in [2.05, 4.69) is 34.4 Å². The largest absolute Gasteiger partial charge is 0.391 e. The smallest absolute Gasteiger partial charge is 0.315 e. The summed E-state index contributed by atoms with van der Waals surface area (Å²) in [5.41, 5.74) is 1.02. The van der Waals surface area contributed by atoms with Crippen molar-refractivity contribution in [3.63, 3.8) is 0 Å². The Hall–Kier alpha value is -1.82. The minimum Gasteiger partial charge on any atom is -0.391 e. The zero-order valence-corrected chi connectivity index (χ0v) is 15.0. The van der Waals surface area contributed by atoms with E-state index in [0.29, 0.717) is 18.9 Å². The van der Waals surface area contributed by atoms with Gasteiger partial charge < -0.3 is 20.6 Å². The molecule has 6 heteroatoms. The highest BCUT2D eigenvalue weighted by molar-refractivity contribution is 5.74.